The Morgan fingerprint density at radius 3 is 2.94 bits per heavy atom. The van der Waals surface area contributed by atoms with E-state index in [2.05, 4.69) is 4.99 Å². The molecule has 2 aromatic heterocycles. The van der Waals surface area contributed by atoms with Crippen LogP contribution < -0.4 is 4.80 Å². The highest BCUT2D eigenvalue weighted by molar-refractivity contribution is 7.98. The Morgan fingerprint density at radius 1 is 1.35 bits per heavy atom. The Labute approximate surface area is 198 Å². The molecular weight excluding hydrogens is 494 g/mol. The minimum atomic E-state index is -3.57. The number of thiazole rings is 1. The van der Waals surface area contributed by atoms with Crippen molar-refractivity contribution in [2.75, 3.05) is 25.1 Å². The molecule has 1 saturated heterocycles. The number of sulfonamides is 1. The van der Waals surface area contributed by atoms with E-state index in [1.165, 1.54) is 27.0 Å². The molecular formula is C20H22ClN3O3S4. The Bertz CT molecular complexity index is 1250. The molecule has 6 nitrogen and oxygen atoms in total. The number of rotatable bonds is 6. The average molecular weight is 516 g/mol. The van der Waals surface area contributed by atoms with E-state index in [4.69, 9.17) is 11.6 Å². The molecule has 0 saturated carbocycles. The number of aromatic nitrogens is 1. The second-order valence-electron chi connectivity index (χ2n) is 7.23. The van der Waals surface area contributed by atoms with Crippen LogP contribution in [0.25, 0.3) is 10.2 Å². The third-order valence-electron chi connectivity index (χ3n) is 5.19. The molecule has 3 aromatic rings. The van der Waals surface area contributed by atoms with Crippen LogP contribution in [0.3, 0.4) is 0 Å². The lowest BCUT2D eigenvalue weighted by atomic mass is 9.99. The Hall–Kier alpha value is -1.17. The number of nitrogens with zero attached hydrogens (tertiary/aromatic N) is 3. The minimum Gasteiger partial charge on any atom is -0.316 e. The monoisotopic (exact) mass is 515 g/mol. The molecule has 0 spiro atoms. The maximum Gasteiger partial charge on any atom is 0.252 e. The van der Waals surface area contributed by atoms with E-state index >= 15 is 0 Å². The van der Waals surface area contributed by atoms with E-state index in [9.17, 15) is 13.2 Å². The van der Waals surface area contributed by atoms with Gasteiger partial charge in [0.2, 0.25) is 0 Å². The van der Waals surface area contributed by atoms with Gasteiger partial charge in [0.25, 0.3) is 15.9 Å². The first-order valence-electron chi connectivity index (χ1n) is 9.80. The third kappa shape index (κ3) is 4.94. The van der Waals surface area contributed by atoms with Gasteiger partial charge in [-0.1, -0.05) is 29.0 Å². The van der Waals surface area contributed by atoms with E-state index in [0.717, 1.165) is 22.5 Å². The van der Waals surface area contributed by atoms with Gasteiger partial charge in [-0.2, -0.15) is 21.1 Å². The van der Waals surface area contributed by atoms with Crippen molar-refractivity contribution in [1.82, 2.24) is 8.87 Å². The van der Waals surface area contributed by atoms with Crippen molar-refractivity contribution in [2.24, 2.45) is 10.9 Å². The highest BCUT2D eigenvalue weighted by Crippen LogP contribution is 2.27. The smallest absolute Gasteiger partial charge is 0.252 e. The van der Waals surface area contributed by atoms with Crippen LogP contribution in [-0.2, 0) is 21.4 Å². The molecule has 1 unspecified atom stereocenters. The second-order valence-corrected chi connectivity index (χ2v) is 12.8. The number of thiophene rings is 1. The summed E-state index contributed by atoms with van der Waals surface area (Å²) < 4.78 is 30.5. The van der Waals surface area contributed by atoms with Gasteiger partial charge in [0.1, 0.15) is 4.21 Å². The maximum absolute atomic E-state index is 13.1. The van der Waals surface area contributed by atoms with Gasteiger partial charge in [0.15, 0.2) is 4.80 Å². The van der Waals surface area contributed by atoms with Gasteiger partial charge in [-0.15, -0.1) is 11.3 Å². The van der Waals surface area contributed by atoms with Gasteiger partial charge < -0.3 is 4.57 Å². The summed E-state index contributed by atoms with van der Waals surface area (Å²) in [7, 11) is -3.57. The zero-order chi connectivity index (χ0) is 22.0. The average Bonchev–Trinajstić information content (AvgIpc) is 3.41. The minimum absolute atomic E-state index is 0.171. The van der Waals surface area contributed by atoms with Crippen LogP contribution in [0.5, 0.6) is 0 Å². The number of hydrogen-bond donors (Lipinski definition) is 0. The van der Waals surface area contributed by atoms with Crippen LogP contribution in [0, 0.1) is 5.92 Å². The van der Waals surface area contributed by atoms with Crippen LogP contribution >= 0.6 is 46.0 Å². The van der Waals surface area contributed by atoms with Gasteiger partial charge >= 0.3 is 0 Å². The number of carbonyl (C=O) groups excluding carboxylic acids is 1. The molecule has 3 heterocycles. The molecule has 1 aliphatic heterocycles. The second kappa shape index (κ2) is 9.76. The molecule has 1 aliphatic rings. The number of fused-ring (bicyclic) bond motifs is 1. The Balaban J connectivity index is 1.63. The number of hydrogen-bond acceptors (Lipinski definition) is 6. The van der Waals surface area contributed by atoms with Crippen LogP contribution in [0.15, 0.2) is 44.9 Å². The highest BCUT2D eigenvalue weighted by atomic mass is 35.5. The van der Waals surface area contributed by atoms with Crippen molar-refractivity contribution < 1.29 is 13.2 Å². The zero-order valence-corrected chi connectivity index (χ0v) is 20.9. The lowest BCUT2D eigenvalue weighted by molar-refractivity contribution is -0.122. The van der Waals surface area contributed by atoms with Gasteiger partial charge in [0, 0.05) is 30.4 Å². The molecule has 11 heteroatoms. The first-order chi connectivity index (χ1) is 14.9. The van der Waals surface area contributed by atoms with Gasteiger partial charge in [-0.3, -0.25) is 4.79 Å². The fourth-order valence-electron chi connectivity index (χ4n) is 3.62. The number of halogens is 1. The summed E-state index contributed by atoms with van der Waals surface area (Å²) in [6, 6.07) is 9.00. The fraction of sp³-hybridized carbons (Fsp3) is 0.400. The summed E-state index contributed by atoms with van der Waals surface area (Å²) in [6.07, 6.45) is 3.32. The first-order valence-corrected chi connectivity index (χ1v) is 14.7. The molecule has 4 rings (SSSR count). The van der Waals surface area contributed by atoms with Crippen molar-refractivity contribution in [3.63, 3.8) is 0 Å². The van der Waals surface area contributed by atoms with E-state index in [0.29, 0.717) is 33.4 Å². The van der Waals surface area contributed by atoms with Crippen molar-refractivity contribution >= 4 is 72.2 Å². The van der Waals surface area contributed by atoms with Crippen LogP contribution in [0.2, 0.25) is 5.02 Å². The maximum atomic E-state index is 13.1. The lowest BCUT2D eigenvalue weighted by Crippen LogP contribution is -2.42. The van der Waals surface area contributed by atoms with Crippen molar-refractivity contribution in [1.29, 1.82) is 0 Å². The number of piperidine rings is 1. The molecule has 0 radical (unpaired) electrons. The molecule has 0 aliphatic carbocycles. The molecule has 1 aromatic carbocycles. The van der Waals surface area contributed by atoms with E-state index < -0.39 is 15.9 Å². The topological polar surface area (TPSA) is 71.7 Å². The Morgan fingerprint density at radius 2 is 2.19 bits per heavy atom. The zero-order valence-electron chi connectivity index (χ0n) is 16.9. The predicted octanol–water partition coefficient (Wildman–Crippen LogP) is 4.31. The van der Waals surface area contributed by atoms with Gasteiger partial charge in [-0.05, 0) is 48.7 Å². The molecule has 31 heavy (non-hydrogen) atoms. The normalized spacial score (nSPS) is 18.6. The summed E-state index contributed by atoms with van der Waals surface area (Å²) in [4.78, 5) is 18.2. The van der Waals surface area contributed by atoms with Crippen LogP contribution in [0.4, 0.5) is 0 Å². The molecule has 0 N–H and O–H groups in total. The van der Waals surface area contributed by atoms with Crippen LogP contribution in [-0.4, -0.2) is 48.3 Å². The molecule has 1 amide bonds. The fourth-order valence-corrected chi connectivity index (χ4v) is 7.99. The number of benzene rings is 1. The molecule has 1 fully saturated rings. The standard InChI is InChI=1S/C20H22ClN3O3S4/c1-28-11-9-24-16-7-6-15(21)12-17(16)30-20(24)22-19(25)14-4-2-8-23(13-14)31(26,27)18-5-3-10-29-18/h3,5-7,10,12,14H,2,4,8-9,11,13H2,1H3. The summed E-state index contributed by atoms with van der Waals surface area (Å²) in [6.45, 7) is 1.34. The predicted molar refractivity (Wildman–Crippen MR) is 130 cm³/mol. The van der Waals surface area contributed by atoms with E-state index in [-0.39, 0.29) is 12.5 Å². The SMILES string of the molecule is CSCCn1c(=NC(=O)C2CCCN(S(=O)(=O)c3cccs3)C2)sc2cc(Cl)ccc21. The van der Waals surface area contributed by atoms with E-state index in [1.54, 1.807) is 29.3 Å². The van der Waals surface area contributed by atoms with Crippen LogP contribution in [0.1, 0.15) is 12.8 Å². The molecule has 0 bridgehead atoms. The number of thioether (sulfide) groups is 1. The highest BCUT2D eigenvalue weighted by Gasteiger charge is 2.33. The molecule has 166 valence electrons. The first kappa shape index (κ1) is 23.0. The number of amides is 1. The number of carbonyl (C=O) groups is 1. The summed E-state index contributed by atoms with van der Waals surface area (Å²) >= 11 is 10.5. The van der Waals surface area contributed by atoms with Crippen molar-refractivity contribution in [3.8, 4) is 0 Å². The number of aryl methyl sites for hydroxylation is 1. The largest absolute Gasteiger partial charge is 0.316 e. The van der Waals surface area contributed by atoms with Crippen molar-refractivity contribution in [3.05, 3.63) is 45.5 Å². The summed E-state index contributed by atoms with van der Waals surface area (Å²) in [5.41, 5.74) is 1.00. The molecule has 1 atom stereocenters. The van der Waals surface area contributed by atoms with Crippen molar-refractivity contribution in [2.45, 2.75) is 23.6 Å². The van der Waals surface area contributed by atoms with E-state index in [1.807, 2.05) is 29.0 Å². The summed E-state index contributed by atoms with van der Waals surface area (Å²) in [5.74, 6) is 0.194. The third-order valence-corrected chi connectivity index (χ3v) is 10.3. The lowest BCUT2D eigenvalue weighted by Gasteiger charge is -2.29. The quantitative estimate of drug-likeness (QED) is 0.490. The van der Waals surface area contributed by atoms with Gasteiger partial charge in [-0.25, -0.2) is 8.42 Å². The summed E-state index contributed by atoms with van der Waals surface area (Å²) in [5, 5.41) is 2.39. The Kier molecular flexibility index (Phi) is 7.24. The van der Waals surface area contributed by atoms with Gasteiger partial charge in [0.05, 0.1) is 16.1 Å².